The lowest BCUT2D eigenvalue weighted by Gasteiger charge is -2.16. The molecule has 178 valence electrons. The second kappa shape index (κ2) is 9.13. The number of hydrogen-bond donors (Lipinski definition) is 1. The lowest BCUT2D eigenvalue weighted by atomic mass is 10.0. The highest BCUT2D eigenvalue weighted by Crippen LogP contribution is 2.39. The van der Waals surface area contributed by atoms with E-state index in [1.807, 2.05) is 38.1 Å². The largest absolute Gasteiger partial charge is 0.493 e. The molecule has 0 spiro atoms. The normalized spacial score (nSPS) is 12.6. The number of aryl methyl sites for hydroxylation is 2. The van der Waals surface area contributed by atoms with E-state index in [0.717, 1.165) is 32.3 Å². The van der Waals surface area contributed by atoms with Crippen molar-refractivity contribution < 1.29 is 22.6 Å². The predicted molar refractivity (Wildman–Crippen MR) is 129 cm³/mol. The fourth-order valence-corrected chi connectivity index (χ4v) is 4.91. The maximum Gasteiger partial charge on any atom is 0.416 e. The fourth-order valence-electron chi connectivity index (χ4n) is 3.80. The van der Waals surface area contributed by atoms with Gasteiger partial charge in [-0.15, -0.1) is 11.3 Å². The van der Waals surface area contributed by atoms with Crippen LogP contribution in [0.5, 0.6) is 11.5 Å². The Hall–Kier alpha value is -3.33. The van der Waals surface area contributed by atoms with Crippen LogP contribution in [0.2, 0.25) is 0 Å². The summed E-state index contributed by atoms with van der Waals surface area (Å²) in [6.07, 6.45) is -4.35. The van der Waals surface area contributed by atoms with Crippen molar-refractivity contribution in [1.82, 2.24) is 9.97 Å². The number of nitrogens with one attached hydrogen (secondary N) is 1. The first-order valence-electron chi connectivity index (χ1n) is 10.6. The molecular weight excluding hydrogens is 463 g/mol. The average Bonchev–Trinajstić information content (AvgIpc) is 3.27. The zero-order chi connectivity index (χ0) is 24.6. The first-order chi connectivity index (χ1) is 16.1. The third kappa shape index (κ3) is 4.65. The van der Waals surface area contributed by atoms with E-state index in [4.69, 9.17) is 9.47 Å². The molecule has 0 aliphatic carbocycles. The van der Waals surface area contributed by atoms with E-state index in [2.05, 4.69) is 15.3 Å². The third-order valence-electron chi connectivity index (χ3n) is 5.54. The molecule has 0 fully saturated rings. The number of aromatic nitrogens is 2. The summed E-state index contributed by atoms with van der Waals surface area (Å²) in [5.41, 5.74) is 1.46. The Balaban J connectivity index is 1.64. The number of fused-ring (bicyclic) bond motifs is 1. The summed E-state index contributed by atoms with van der Waals surface area (Å²) in [5.74, 6) is 2.44. The Kier molecular flexibility index (Phi) is 6.40. The van der Waals surface area contributed by atoms with Gasteiger partial charge in [-0.05, 0) is 62.2 Å². The molecule has 4 aromatic rings. The maximum atomic E-state index is 13.0. The summed E-state index contributed by atoms with van der Waals surface area (Å²) in [6, 6.07) is 11.3. The summed E-state index contributed by atoms with van der Waals surface area (Å²) in [4.78, 5) is 11.0. The fraction of sp³-hybridized carbons (Fsp3) is 0.280. The Morgan fingerprint density at radius 1 is 0.941 bits per heavy atom. The van der Waals surface area contributed by atoms with E-state index >= 15 is 0 Å². The van der Waals surface area contributed by atoms with Crippen molar-refractivity contribution in [2.45, 2.75) is 33.0 Å². The molecule has 9 heteroatoms. The van der Waals surface area contributed by atoms with Gasteiger partial charge in [0.15, 0.2) is 11.5 Å². The summed E-state index contributed by atoms with van der Waals surface area (Å²) >= 11 is 1.53. The standard InChI is InChI=1S/C25H24F3N3O2S/c1-13-10-16(25(26,27)28)6-7-17(13)23-9-8-22(34-23)14(2)29-24-18-11-20(32-4)21(33-5)12-19(18)30-15(3)31-24/h6-12,14H,1-5H3,(H,29,30,31). The molecule has 2 aromatic heterocycles. The molecule has 34 heavy (non-hydrogen) atoms. The summed E-state index contributed by atoms with van der Waals surface area (Å²) in [7, 11) is 3.15. The number of benzene rings is 2. The second-order valence-corrected chi connectivity index (χ2v) is 9.05. The van der Waals surface area contributed by atoms with Crippen LogP contribution in [0.25, 0.3) is 21.3 Å². The van der Waals surface area contributed by atoms with Crippen molar-refractivity contribution in [2.75, 3.05) is 19.5 Å². The Bertz CT molecular complexity index is 1350. The van der Waals surface area contributed by atoms with Gasteiger partial charge in [-0.1, -0.05) is 6.07 Å². The van der Waals surface area contributed by atoms with Crippen LogP contribution in [-0.2, 0) is 6.18 Å². The minimum absolute atomic E-state index is 0.0981. The zero-order valence-electron chi connectivity index (χ0n) is 19.4. The first kappa shape index (κ1) is 23.8. The molecule has 2 heterocycles. The Labute approximate surface area is 199 Å². The zero-order valence-corrected chi connectivity index (χ0v) is 20.2. The van der Waals surface area contributed by atoms with Crippen LogP contribution in [0, 0.1) is 13.8 Å². The molecule has 1 atom stereocenters. The summed E-state index contributed by atoms with van der Waals surface area (Å²) < 4.78 is 49.9. The molecule has 4 rings (SSSR count). The predicted octanol–water partition coefficient (Wildman–Crippen LogP) is 7.18. The molecular formula is C25H24F3N3O2S. The van der Waals surface area contributed by atoms with Crippen LogP contribution in [0.1, 0.15) is 34.8 Å². The molecule has 5 nitrogen and oxygen atoms in total. The number of thiophene rings is 1. The number of methoxy groups -OCH3 is 2. The van der Waals surface area contributed by atoms with Crippen LogP contribution in [0.3, 0.4) is 0 Å². The molecule has 0 amide bonds. The van der Waals surface area contributed by atoms with E-state index in [-0.39, 0.29) is 6.04 Å². The maximum absolute atomic E-state index is 13.0. The van der Waals surface area contributed by atoms with E-state index in [9.17, 15) is 13.2 Å². The van der Waals surface area contributed by atoms with Gasteiger partial charge in [0, 0.05) is 21.2 Å². The number of nitrogens with zero attached hydrogens (tertiary/aromatic N) is 2. The van der Waals surface area contributed by atoms with E-state index in [1.165, 1.54) is 23.5 Å². The molecule has 2 aromatic carbocycles. The minimum Gasteiger partial charge on any atom is -0.493 e. The number of halogens is 3. The van der Waals surface area contributed by atoms with Crippen molar-refractivity contribution in [3.8, 4) is 21.9 Å². The van der Waals surface area contributed by atoms with Gasteiger partial charge in [0.1, 0.15) is 11.6 Å². The van der Waals surface area contributed by atoms with Crippen LogP contribution in [0.4, 0.5) is 19.0 Å². The number of hydrogen-bond acceptors (Lipinski definition) is 6. The van der Waals surface area contributed by atoms with Gasteiger partial charge in [0.2, 0.25) is 0 Å². The lowest BCUT2D eigenvalue weighted by molar-refractivity contribution is -0.137. The van der Waals surface area contributed by atoms with Gasteiger partial charge in [-0.2, -0.15) is 13.2 Å². The van der Waals surface area contributed by atoms with Gasteiger partial charge < -0.3 is 14.8 Å². The van der Waals surface area contributed by atoms with Crippen molar-refractivity contribution in [1.29, 1.82) is 0 Å². The van der Waals surface area contributed by atoms with E-state index in [1.54, 1.807) is 21.1 Å². The molecule has 1 unspecified atom stereocenters. The average molecular weight is 488 g/mol. The number of rotatable bonds is 6. The first-order valence-corrected chi connectivity index (χ1v) is 11.4. The van der Waals surface area contributed by atoms with Gasteiger partial charge in [0.25, 0.3) is 0 Å². The van der Waals surface area contributed by atoms with E-state index < -0.39 is 11.7 Å². The topological polar surface area (TPSA) is 56.3 Å². The second-order valence-electron chi connectivity index (χ2n) is 7.94. The molecule has 0 radical (unpaired) electrons. The molecule has 0 saturated heterocycles. The Morgan fingerprint density at radius 2 is 1.65 bits per heavy atom. The number of anilines is 1. The molecule has 1 N–H and O–H groups in total. The minimum atomic E-state index is -4.35. The quantitative estimate of drug-likeness (QED) is 0.312. The van der Waals surface area contributed by atoms with Crippen LogP contribution in [-0.4, -0.2) is 24.2 Å². The highest BCUT2D eigenvalue weighted by molar-refractivity contribution is 7.15. The van der Waals surface area contributed by atoms with Crippen LogP contribution in [0.15, 0.2) is 42.5 Å². The number of alkyl halides is 3. The van der Waals surface area contributed by atoms with Gasteiger partial charge in [-0.25, -0.2) is 9.97 Å². The van der Waals surface area contributed by atoms with E-state index in [0.29, 0.717) is 28.7 Å². The van der Waals surface area contributed by atoms with Gasteiger partial charge >= 0.3 is 6.18 Å². The molecule has 0 saturated carbocycles. The number of ether oxygens (including phenoxy) is 2. The molecule has 0 aliphatic heterocycles. The Morgan fingerprint density at radius 3 is 2.29 bits per heavy atom. The van der Waals surface area contributed by atoms with Crippen LogP contribution < -0.4 is 14.8 Å². The molecule has 0 bridgehead atoms. The summed E-state index contributed by atoms with van der Waals surface area (Å²) in [5, 5.41) is 4.25. The highest BCUT2D eigenvalue weighted by atomic mass is 32.1. The van der Waals surface area contributed by atoms with Crippen molar-refractivity contribution >= 4 is 28.1 Å². The van der Waals surface area contributed by atoms with Gasteiger partial charge in [-0.3, -0.25) is 0 Å². The monoisotopic (exact) mass is 487 g/mol. The SMILES string of the molecule is COc1cc2nc(C)nc(NC(C)c3ccc(-c4ccc(C(F)(F)F)cc4C)s3)c2cc1OC. The van der Waals surface area contributed by atoms with Crippen LogP contribution >= 0.6 is 11.3 Å². The van der Waals surface area contributed by atoms with Gasteiger partial charge in [0.05, 0.1) is 31.3 Å². The smallest absolute Gasteiger partial charge is 0.416 e. The molecule has 0 aliphatic rings. The van der Waals surface area contributed by atoms with Crippen molar-refractivity contribution in [3.05, 3.63) is 64.3 Å². The highest BCUT2D eigenvalue weighted by Gasteiger charge is 2.30. The van der Waals surface area contributed by atoms with Crippen molar-refractivity contribution in [2.24, 2.45) is 0 Å². The summed E-state index contributed by atoms with van der Waals surface area (Å²) in [6.45, 7) is 5.53. The van der Waals surface area contributed by atoms with Crippen molar-refractivity contribution in [3.63, 3.8) is 0 Å². The lowest BCUT2D eigenvalue weighted by Crippen LogP contribution is -2.08. The third-order valence-corrected chi connectivity index (χ3v) is 6.84.